The number of benzene rings is 1. The third-order valence-corrected chi connectivity index (χ3v) is 4.24. The van der Waals surface area contributed by atoms with Gasteiger partial charge in [-0.1, -0.05) is 19.4 Å². The number of nitrogens with one attached hydrogen (secondary N) is 1. The van der Waals surface area contributed by atoms with E-state index in [0.717, 1.165) is 18.4 Å². The molecule has 1 N–H and O–H groups in total. The Morgan fingerprint density at radius 3 is 2.69 bits per heavy atom. The molecule has 0 saturated carbocycles. The number of nitrogens with zero attached hydrogens (tertiary/aromatic N) is 2. The molecule has 3 rings (SSSR count). The molecule has 2 aromatic heterocycles. The molecule has 0 unspecified atom stereocenters. The first-order valence-corrected chi connectivity index (χ1v) is 8.60. The number of amides is 1. The molecule has 2 heterocycles. The fraction of sp³-hybridized carbons (Fsp3) is 0.250. The van der Waals surface area contributed by atoms with E-state index in [1.807, 2.05) is 19.1 Å². The highest BCUT2D eigenvalue weighted by Gasteiger charge is 2.15. The van der Waals surface area contributed by atoms with Crippen molar-refractivity contribution in [2.24, 2.45) is 0 Å². The predicted octanol–water partition coefficient (Wildman–Crippen LogP) is 3.27. The highest BCUT2D eigenvalue weighted by atomic mass is 19.1. The molecular formula is C20H20FN3O2. The Balaban J connectivity index is 1.98. The van der Waals surface area contributed by atoms with Crippen LogP contribution in [0.3, 0.4) is 0 Å². The maximum Gasteiger partial charge on any atom is 0.268 e. The smallest absolute Gasteiger partial charge is 0.268 e. The van der Waals surface area contributed by atoms with Crippen molar-refractivity contribution < 1.29 is 9.18 Å². The second-order valence-corrected chi connectivity index (χ2v) is 6.11. The molecule has 26 heavy (non-hydrogen) atoms. The van der Waals surface area contributed by atoms with Crippen molar-refractivity contribution in [3.05, 3.63) is 76.2 Å². The average Bonchev–Trinajstić information content (AvgIpc) is 2.66. The molecule has 0 aliphatic rings. The summed E-state index contributed by atoms with van der Waals surface area (Å²) in [6, 6.07) is 9.31. The second-order valence-electron chi connectivity index (χ2n) is 6.11. The standard InChI is InChI=1S/C20H20FN3O2/c1-2-3-10-24-18(19(25)23-13-14-6-8-22-9-7-14)11-15-4-5-16(21)12-17(15)20(24)26/h4-9,11-12H,2-3,10,13H2,1H3,(H,23,25). The van der Waals surface area contributed by atoms with Gasteiger partial charge >= 0.3 is 0 Å². The summed E-state index contributed by atoms with van der Waals surface area (Å²) in [5, 5.41) is 3.67. The van der Waals surface area contributed by atoms with Gasteiger partial charge in [0.05, 0.1) is 5.39 Å². The van der Waals surface area contributed by atoms with Crippen molar-refractivity contribution in [2.45, 2.75) is 32.9 Å². The van der Waals surface area contributed by atoms with E-state index < -0.39 is 5.82 Å². The summed E-state index contributed by atoms with van der Waals surface area (Å²) in [6.07, 6.45) is 4.95. The van der Waals surface area contributed by atoms with Crippen LogP contribution in [0.2, 0.25) is 0 Å². The molecule has 0 saturated heterocycles. The molecule has 134 valence electrons. The minimum absolute atomic E-state index is 0.284. The van der Waals surface area contributed by atoms with Gasteiger partial charge in [0.25, 0.3) is 11.5 Å². The quantitative estimate of drug-likeness (QED) is 0.740. The lowest BCUT2D eigenvalue weighted by atomic mass is 10.1. The first-order valence-electron chi connectivity index (χ1n) is 8.60. The Hall–Kier alpha value is -3.02. The van der Waals surface area contributed by atoms with Crippen LogP contribution in [0.5, 0.6) is 0 Å². The molecule has 0 aliphatic heterocycles. The third kappa shape index (κ3) is 3.79. The van der Waals surface area contributed by atoms with E-state index >= 15 is 0 Å². The van der Waals surface area contributed by atoms with Gasteiger partial charge in [-0.25, -0.2) is 4.39 Å². The van der Waals surface area contributed by atoms with Crippen molar-refractivity contribution >= 4 is 16.7 Å². The van der Waals surface area contributed by atoms with Crippen LogP contribution in [-0.4, -0.2) is 15.5 Å². The van der Waals surface area contributed by atoms with Crippen molar-refractivity contribution in [3.63, 3.8) is 0 Å². The molecule has 3 aromatic rings. The molecule has 0 radical (unpaired) electrons. The highest BCUT2D eigenvalue weighted by molar-refractivity contribution is 5.96. The number of halogens is 1. The first kappa shape index (κ1) is 17.8. The zero-order valence-corrected chi connectivity index (χ0v) is 14.5. The van der Waals surface area contributed by atoms with E-state index in [-0.39, 0.29) is 22.5 Å². The van der Waals surface area contributed by atoms with Gasteiger partial charge in [-0.15, -0.1) is 0 Å². The number of hydrogen-bond donors (Lipinski definition) is 1. The summed E-state index contributed by atoms with van der Waals surface area (Å²) in [5.74, 6) is -0.798. The number of fused-ring (bicyclic) bond motifs is 1. The van der Waals surface area contributed by atoms with E-state index in [1.165, 1.54) is 22.8 Å². The van der Waals surface area contributed by atoms with Gasteiger partial charge in [0.1, 0.15) is 11.5 Å². The summed E-state index contributed by atoms with van der Waals surface area (Å²) in [5.41, 5.74) is 0.861. The number of pyridine rings is 2. The normalized spacial score (nSPS) is 10.8. The second kappa shape index (κ2) is 7.91. The van der Waals surface area contributed by atoms with Crippen LogP contribution < -0.4 is 10.9 Å². The minimum Gasteiger partial charge on any atom is -0.347 e. The van der Waals surface area contributed by atoms with Crippen LogP contribution in [0.1, 0.15) is 35.8 Å². The third-order valence-electron chi connectivity index (χ3n) is 4.24. The lowest BCUT2D eigenvalue weighted by Crippen LogP contribution is -2.32. The molecular weight excluding hydrogens is 333 g/mol. The van der Waals surface area contributed by atoms with Crippen LogP contribution in [0.4, 0.5) is 4.39 Å². The van der Waals surface area contributed by atoms with Crippen molar-refractivity contribution in [1.29, 1.82) is 0 Å². The Labute approximate surface area is 150 Å². The molecule has 5 nitrogen and oxygen atoms in total. The monoisotopic (exact) mass is 353 g/mol. The predicted molar refractivity (Wildman–Crippen MR) is 98.5 cm³/mol. The SMILES string of the molecule is CCCCn1c(C(=O)NCc2ccncc2)cc2ccc(F)cc2c1=O. The van der Waals surface area contributed by atoms with E-state index in [9.17, 15) is 14.0 Å². The van der Waals surface area contributed by atoms with E-state index in [4.69, 9.17) is 0 Å². The fourth-order valence-electron chi connectivity index (χ4n) is 2.82. The maximum absolute atomic E-state index is 13.5. The van der Waals surface area contributed by atoms with Gasteiger partial charge in [0.2, 0.25) is 0 Å². The summed E-state index contributed by atoms with van der Waals surface area (Å²) in [4.78, 5) is 29.4. The first-order chi connectivity index (χ1) is 12.6. The van der Waals surface area contributed by atoms with E-state index in [1.54, 1.807) is 18.5 Å². The number of aromatic nitrogens is 2. The highest BCUT2D eigenvalue weighted by Crippen LogP contribution is 2.15. The minimum atomic E-state index is -0.466. The number of carbonyl (C=O) groups excluding carboxylic acids is 1. The van der Waals surface area contributed by atoms with Crippen molar-refractivity contribution in [1.82, 2.24) is 14.9 Å². The van der Waals surface area contributed by atoms with Crippen LogP contribution >= 0.6 is 0 Å². The Bertz CT molecular complexity index is 984. The number of unbranched alkanes of at least 4 members (excludes halogenated alkanes) is 1. The van der Waals surface area contributed by atoms with Crippen LogP contribution in [-0.2, 0) is 13.1 Å². The van der Waals surface area contributed by atoms with Crippen molar-refractivity contribution in [2.75, 3.05) is 0 Å². The van der Waals surface area contributed by atoms with E-state index in [2.05, 4.69) is 10.3 Å². The van der Waals surface area contributed by atoms with Gasteiger partial charge < -0.3 is 9.88 Å². The molecule has 0 aliphatic carbocycles. The number of hydrogen-bond acceptors (Lipinski definition) is 3. The van der Waals surface area contributed by atoms with Crippen LogP contribution in [0.15, 0.2) is 53.6 Å². The molecule has 0 bridgehead atoms. The summed E-state index contributed by atoms with van der Waals surface area (Å²) in [6.45, 7) is 2.76. The average molecular weight is 353 g/mol. The lowest BCUT2D eigenvalue weighted by Gasteiger charge is -2.14. The molecule has 1 amide bonds. The van der Waals surface area contributed by atoms with Crippen LogP contribution in [0, 0.1) is 5.82 Å². The molecule has 0 atom stereocenters. The maximum atomic E-state index is 13.5. The molecule has 1 aromatic carbocycles. The summed E-state index contributed by atoms with van der Waals surface area (Å²) >= 11 is 0. The number of carbonyl (C=O) groups is 1. The Morgan fingerprint density at radius 1 is 1.19 bits per heavy atom. The Morgan fingerprint density at radius 2 is 1.96 bits per heavy atom. The van der Waals surface area contributed by atoms with Gasteiger partial charge in [0.15, 0.2) is 0 Å². The Kier molecular flexibility index (Phi) is 5.41. The van der Waals surface area contributed by atoms with Crippen molar-refractivity contribution in [3.8, 4) is 0 Å². The molecule has 6 heteroatoms. The largest absolute Gasteiger partial charge is 0.347 e. The fourth-order valence-corrected chi connectivity index (χ4v) is 2.82. The van der Waals surface area contributed by atoms with E-state index in [0.29, 0.717) is 18.5 Å². The molecule has 0 fully saturated rings. The topological polar surface area (TPSA) is 64.0 Å². The zero-order chi connectivity index (χ0) is 18.5. The lowest BCUT2D eigenvalue weighted by molar-refractivity contribution is 0.0940. The zero-order valence-electron chi connectivity index (χ0n) is 14.5. The number of rotatable bonds is 6. The molecule has 0 spiro atoms. The van der Waals surface area contributed by atoms with Crippen LogP contribution in [0.25, 0.3) is 10.8 Å². The van der Waals surface area contributed by atoms with Gasteiger partial charge in [0, 0.05) is 25.5 Å². The van der Waals surface area contributed by atoms with Gasteiger partial charge in [-0.05, 0) is 47.7 Å². The van der Waals surface area contributed by atoms with Gasteiger partial charge in [-0.3, -0.25) is 14.6 Å². The van der Waals surface area contributed by atoms with Gasteiger partial charge in [-0.2, -0.15) is 0 Å². The summed E-state index contributed by atoms with van der Waals surface area (Å²) in [7, 11) is 0. The summed E-state index contributed by atoms with van der Waals surface area (Å²) < 4.78 is 15.0.